The monoisotopic (exact) mass is 223 g/mol. The van der Waals surface area contributed by atoms with Gasteiger partial charge < -0.3 is 14.8 Å². The molecule has 0 bridgehead atoms. The zero-order chi connectivity index (χ0) is 11.6. The van der Waals surface area contributed by atoms with E-state index in [0.717, 1.165) is 32.1 Å². The Balaban J connectivity index is 2.21. The Morgan fingerprint density at radius 3 is 2.44 bits per heavy atom. The summed E-state index contributed by atoms with van der Waals surface area (Å²) in [5.41, 5.74) is 1.26. The van der Waals surface area contributed by atoms with E-state index in [0.29, 0.717) is 6.61 Å². The fraction of sp³-hybridized carbons (Fsp3) is 0.538. The van der Waals surface area contributed by atoms with E-state index >= 15 is 0 Å². The molecule has 0 aliphatic carbocycles. The Labute approximate surface area is 97.8 Å². The maximum atomic E-state index is 5.38. The van der Waals surface area contributed by atoms with Crippen LogP contribution in [0.15, 0.2) is 24.3 Å². The summed E-state index contributed by atoms with van der Waals surface area (Å²) in [5, 5.41) is 3.32. The average Bonchev–Trinajstić information content (AvgIpc) is 2.31. The molecule has 0 amide bonds. The first-order valence-electron chi connectivity index (χ1n) is 5.87. The molecule has 1 N–H and O–H groups in total. The summed E-state index contributed by atoms with van der Waals surface area (Å²) in [6, 6.07) is 8.17. The molecule has 0 spiro atoms. The number of rotatable bonds is 8. The van der Waals surface area contributed by atoms with Gasteiger partial charge in [-0.1, -0.05) is 12.1 Å². The molecule has 1 rings (SSSR count). The maximum Gasteiger partial charge on any atom is 0.119 e. The molecule has 0 saturated carbocycles. The Kier molecular flexibility index (Phi) is 6.61. The highest BCUT2D eigenvalue weighted by atomic mass is 16.5. The number of hydrogen-bond acceptors (Lipinski definition) is 3. The molecule has 0 heterocycles. The van der Waals surface area contributed by atoms with Crippen molar-refractivity contribution >= 4 is 0 Å². The van der Waals surface area contributed by atoms with Gasteiger partial charge in [-0.05, 0) is 31.5 Å². The van der Waals surface area contributed by atoms with Crippen molar-refractivity contribution in [3.63, 3.8) is 0 Å². The molecular weight excluding hydrogens is 202 g/mol. The minimum absolute atomic E-state index is 0.714. The van der Waals surface area contributed by atoms with E-state index in [4.69, 9.17) is 9.47 Å². The molecule has 1 aromatic carbocycles. The van der Waals surface area contributed by atoms with Gasteiger partial charge in [0.1, 0.15) is 5.75 Å². The summed E-state index contributed by atoms with van der Waals surface area (Å²) in [6.07, 6.45) is 0. The van der Waals surface area contributed by atoms with Crippen LogP contribution < -0.4 is 10.1 Å². The lowest BCUT2D eigenvalue weighted by molar-refractivity contribution is 0.149. The standard InChI is InChI=1S/C13H21NO2/c1-3-15-10-9-14-11-12-5-7-13(8-6-12)16-4-2/h5-8,14H,3-4,9-11H2,1-2H3. The number of benzene rings is 1. The summed E-state index contributed by atoms with van der Waals surface area (Å²) in [6.45, 7) is 8.03. The highest BCUT2D eigenvalue weighted by Crippen LogP contribution is 2.11. The smallest absolute Gasteiger partial charge is 0.119 e. The van der Waals surface area contributed by atoms with Crippen molar-refractivity contribution in [1.82, 2.24) is 5.32 Å². The van der Waals surface area contributed by atoms with E-state index in [2.05, 4.69) is 17.4 Å². The van der Waals surface area contributed by atoms with Crippen LogP contribution in [-0.4, -0.2) is 26.4 Å². The molecule has 0 aromatic heterocycles. The molecule has 0 aliphatic heterocycles. The Hall–Kier alpha value is -1.06. The predicted molar refractivity (Wildman–Crippen MR) is 65.8 cm³/mol. The molecule has 1 aromatic rings. The van der Waals surface area contributed by atoms with E-state index in [-0.39, 0.29) is 0 Å². The second-order valence-electron chi connectivity index (χ2n) is 3.45. The van der Waals surface area contributed by atoms with Gasteiger partial charge in [0.15, 0.2) is 0 Å². The average molecular weight is 223 g/mol. The van der Waals surface area contributed by atoms with Gasteiger partial charge in [-0.15, -0.1) is 0 Å². The van der Waals surface area contributed by atoms with Gasteiger partial charge in [0.2, 0.25) is 0 Å². The van der Waals surface area contributed by atoms with Crippen molar-refractivity contribution in [2.75, 3.05) is 26.4 Å². The van der Waals surface area contributed by atoms with E-state index < -0.39 is 0 Å². The summed E-state index contributed by atoms with van der Waals surface area (Å²) < 4.78 is 10.6. The predicted octanol–water partition coefficient (Wildman–Crippen LogP) is 2.21. The van der Waals surface area contributed by atoms with E-state index in [9.17, 15) is 0 Å². The third kappa shape index (κ3) is 5.14. The summed E-state index contributed by atoms with van der Waals surface area (Å²) in [7, 11) is 0. The SMILES string of the molecule is CCOCCNCc1ccc(OCC)cc1. The van der Waals surface area contributed by atoms with Crippen LogP contribution in [0.3, 0.4) is 0 Å². The quantitative estimate of drug-likeness (QED) is 0.685. The first-order valence-corrected chi connectivity index (χ1v) is 5.87. The molecule has 0 saturated heterocycles. The molecule has 0 radical (unpaired) electrons. The first kappa shape index (κ1) is 13.0. The molecule has 0 unspecified atom stereocenters. The lowest BCUT2D eigenvalue weighted by atomic mass is 10.2. The highest BCUT2D eigenvalue weighted by molar-refractivity contribution is 5.27. The molecule has 3 heteroatoms. The minimum atomic E-state index is 0.714. The van der Waals surface area contributed by atoms with Crippen molar-refractivity contribution in [2.24, 2.45) is 0 Å². The third-order valence-electron chi connectivity index (χ3n) is 2.19. The van der Waals surface area contributed by atoms with Crippen LogP contribution >= 0.6 is 0 Å². The minimum Gasteiger partial charge on any atom is -0.494 e. The molecule has 0 fully saturated rings. The van der Waals surface area contributed by atoms with Crippen LogP contribution in [0.1, 0.15) is 19.4 Å². The topological polar surface area (TPSA) is 30.5 Å². The molecule has 3 nitrogen and oxygen atoms in total. The fourth-order valence-corrected chi connectivity index (χ4v) is 1.39. The summed E-state index contributed by atoms with van der Waals surface area (Å²) in [4.78, 5) is 0. The van der Waals surface area contributed by atoms with E-state index in [1.807, 2.05) is 26.0 Å². The van der Waals surface area contributed by atoms with Crippen LogP contribution in [0, 0.1) is 0 Å². The van der Waals surface area contributed by atoms with Crippen molar-refractivity contribution in [3.05, 3.63) is 29.8 Å². The molecule has 90 valence electrons. The second kappa shape index (κ2) is 8.13. The first-order chi connectivity index (χ1) is 7.86. The Morgan fingerprint density at radius 2 is 1.81 bits per heavy atom. The van der Waals surface area contributed by atoms with Gasteiger partial charge in [0, 0.05) is 19.7 Å². The fourth-order valence-electron chi connectivity index (χ4n) is 1.39. The third-order valence-corrected chi connectivity index (χ3v) is 2.19. The van der Waals surface area contributed by atoms with Gasteiger partial charge >= 0.3 is 0 Å². The second-order valence-corrected chi connectivity index (χ2v) is 3.45. The van der Waals surface area contributed by atoms with Crippen LogP contribution in [0.25, 0.3) is 0 Å². The van der Waals surface area contributed by atoms with Crippen LogP contribution in [0.2, 0.25) is 0 Å². The van der Waals surface area contributed by atoms with Gasteiger partial charge in [0.05, 0.1) is 13.2 Å². The van der Waals surface area contributed by atoms with Gasteiger partial charge in [0.25, 0.3) is 0 Å². The van der Waals surface area contributed by atoms with Gasteiger partial charge in [-0.2, -0.15) is 0 Å². The van der Waals surface area contributed by atoms with E-state index in [1.54, 1.807) is 0 Å². The molecular formula is C13H21NO2. The number of nitrogens with one attached hydrogen (secondary N) is 1. The van der Waals surface area contributed by atoms with Crippen molar-refractivity contribution in [2.45, 2.75) is 20.4 Å². The van der Waals surface area contributed by atoms with E-state index in [1.165, 1.54) is 5.56 Å². The maximum absolute atomic E-state index is 5.38. The largest absolute Gasteiger partial charge is 0.494 e. The highest BCUT2D eigenvalue weighted by Gasteiger charge is 1.94. The van der Waals surface area contributed by atoms with Crippen molar-refractivity contribution in [1.29, 1.82) is 0 Å². The Morgan fingerprint density at radius 1 is 1.06 bits per heavy atom. The van der Waals surface area contributed by atoms with Crippen LogP contribution in [0.4, 0.5) is 0 Å². The normalized spacial score (nSPS) is 10.4. The molecule has 0 aliphatic rings. The van der Waals surface area contributed by atoms with Gasteiger partial charge in [-0.3, -0.25) is 0 Å². The van der Waals surface area contributed by atoms with Crippen LogP contribution in [-0.2, 0) is 11.3 Å². The van der Waals surface area contributed by atoms with Crippen molar-refractivity contribution in [3.8, 4) is 5.75 Å². The molecule has 0 atom stereocenters. The lowest BCUT2D eigenvalue weighted by Gasteiger charge is -2.06. The number of ether oxygens (including phenoxy) is 2. The van der Waals surface area contributed by atoms with Crippen LogP contribution in [0.5, 0.6) is 5.75 Å². The summed E-state index contributed by atoms with van der Waals surface area (Å²) >= 11 is 0. The van der Waals surface area contributed by atoms with Gasteiger partial charge in [-0.25, -0.2) is 0 Å². The van der Waals surface area contributed by atoms with Crippen molar-refractivity contribution < 1.29 is 9.47 Å². The number of hydrogen-bond donors (Lipinski definition) is 1. The lowest BCUT2D eigenvalue weighted by Crippen LogP contribution is -2.19. The summed E-state index contributed by atoms with van der Waals surface area (Å²) in [5.74, 6) is 0.931. The molecule has 16 heavy (non-hydrogen) atoms. The zero-order valence-electron chi connectivity index (χ0n) is 10.2. The Bertz CT molecular complexity index is 272. The zero-order valence-corrected chi connectivity index (χ0v) is 10.2.